The summed E-state index contributed by atoms with van der Waals surface area (Å²) in [6, 6.07) is 14.2. The third kappa shape index (κ3) is 5.07. The number of nitrogens with one attached hydrogen (secondary N) is 1. The van der Waals surface area contributed by atoms with E-state index in [1.807, 2.05) is 0 Å². The number of carbonyl (C=O) groups is 2. The van der Waals surface area contributed by atoms with Crippen molar-refractivity contribution in [3.8, 4) is 17.1 Å². The number of para-hydroxylation sites is 1. The number of aromatic hydroxyl groups is 1. The first-order valence-corrected chi connectivity index (χ1v) is 9.45. The fourth-order valence-electron chi connectivity index (χ4n) is 2.62. The fraction of sp³-hybridized carbons (Fsp3) is 0.136. The van der Waals surface area contributed by atoms with Gasteiger partial charge in [-0.2, -0.15) is 5.10 Å². The number of phenolic OH excluding ortho intramolecular Hbond substituents is 1. The van der Waals surface area contributed by atoms with E-state index in [0.29, 0.717) is 27.7 Å². The Labute approximate surface area is 177 Å². The molecule has 8 heteroatoms. The van der Waals surface area contributed by atoms with Gasteiger partial charge < -0.3 is 14.3 Å². The topological polar surface area (TPSA) is 101 Å². The fourth-order valence-corrected chi connectivity index (χ4v) is 2.80. The molecule has 30 heavy (non-hydrogen) atoms. The number of hydrazone groups is 1. The van der Waals surface area contributed by atoms with Crippen molar-refractivity contribution >= 4 is 29.7 Å². The Morgan fingerprint density at radius 1 is 1.13 bits per heavy atom. The predicted molar refractivity (Wildman–Crippen MR) is 113 cm³/mol. The summed E-state index contributed by atoms with van der Waals surface area (Å²) in [4.78, 5) is 24.4. The van der Waals surface area contributed by atoms with Crippen LogP contribution < -0.4 is 5.43 Å². The molecule has 0 atom stereocenters. The number of nitrogens with zero attached hydrogens (tertiary/aromatic N) is 1. The largest absolute Gasteiger partial charge is 0.507 e. The summed E-state index contributed by atoms with van der Waals surface area (Å²) < 4.78 is 11.0. The van der Waals surface area contributed by atoms with Crippen molar-refractivity contribution in [3.63, 3.8) is 0 Å². The number of benzene rings is 2. The number of carbonyl (C=O) groups excluding carboxylic acids is 2. The van der Waals surface area contributed by atoms with E-state index < -0.39 is 11.9 Å². The number of esters is 1. The van der Waals surface area contributed by atoms with E-state index in [9.17, 15) is 14.7 Å². The lowest BCUT2D eigenvalue weighted by Gasteiger charge is -2.11. The molecule has 0 aliphatic carbocycles. The molecule has 3 rings (SSSR count). The number of halogens is 1. The average Bonchev–Trinajstić information content (AvgIpc) is 3.16. The molecule has 0 saturated carbocycles. The van der Waals surface area contributed by atoms with Crippen LogP contribution in [0.1, 0.15) is 40.3 Å². The van der Waals surface area contributed by atoms with Crippen LogP contribution in [0.3, 0.4) is 0 Å². The molecule has 1 amide bonds. The molecular weight excluding hydrogens is 408 g/mol. The number of rotatable bonds is 6. The van der Waals surface area contributed by atoms with Crippen LogP contribution in [0.25, 0.3) is 11.3 Å². The number of hydrogen-bond donors (Lipinski definition) is 2. The van der Waals surface area contributed by atoms with Crippen LogP contribution >= 0.6 is 11.6 Å². The van der Waals surface area contributed by atoms with E-state index in [1.54, 1.807) is 56.3 Å². The van der Waals surface area contributed by atoms with Gasteiger partial charge in [-0.15, -0.1) is 0 Å². The minimum Gasteiger partial charge on any atom is -0.507 e. The van der Waals surface area contributed by atoms with Crippen LogP contribution in [0.5, 0.6) is 5.75 Å². The van der Waals surface area contributed by atoms with Crippen molar-refractivity contribution < 1.29 is 23.8 Å². The molecule has 154 valence electrons. The van der Waals surface area contributed by atoms with Crippen molar-refractivity contribution in [3.05, 3.63) is 76.5 Å². The quantitative estimate of drug-likeness (QED) is 0.340. The molecule has 0 fully saturated rings. The maximum atomic E-state index is 12.4. The molecule has 0 radical (unpaired) electrons. The maximum Gasteiger partial charge on any atom is 0.339 e. The van der Waals surface area contributed by atoms with Gasteiger partial charge in [0.1, 0.15) is 17.3 Å². The Morgan fingerprint density at radius 3 is 2.63 bits per heavy atom. The van der Waals surface area contributed by atoms with E-state index in [-0.39, 0.29) is 17.4 Å². The highest BCUT2D eigenvalue weighted by atomic mass is 35.5. The van der Waals surface area contributed by atoms with Crippen LogP contribution in [-0.4, -0.2) is 29.3 Å². The summed E-state index contributed by atoms with van der Waals surface area (Å²) in [5, 5.41) is 14.0. The highest BCUT2D eigenvalue weighted by Gasteiger charge is 2.18. The summed E-state index contributed by atoms with van der Waals surface area (Å²) in [7, 11) is 0. The molecule has 1 heterocycles. The van der Waals surface area contributed by atoms with Gasteiger partial charge in [0.05, 0.1) is 23.4 Å². The Hall–Kier alpha value is -3.58. The van der Waals surface area contributed by atoms with Crippen LogP contribution in [0.2, 0.25) is 5.02 Å². The first-order chi connectivity index (χ1) is 14.3. The van der Waals surface area contributed by atoms with E-state index >= 15 is 0 Å². The van der Waals surface area contributed by atoms with Gasteiger partial charge in [0.15, 0.2) is 0 Å². The number of phenols is 1. The summed E-state index contributed by atoms with van der Waals surface area (Å²) in [6.07, 6.45) is 1.03. The third-order valence-electron chi connectivity index (χ3n) is 3.94. The number of amides is 1. The van der Waals surface area contributed by atoms with Gasteiger partial charge in [-0.05, 0) is 56.3 Å². The second-order valence-electron chi connectivity index (χ2n) is 6.56. The zero-order valence-corrected chi connectivity index (χ0v) is 17.0. The SMILES string of the molecule is CC(C)OC(=O)c1ccc(Cl)cc1-c1ccc(C=NNC(=O)c2ccccc2O)o1. The van der Waals surface area contributed by atoms with Crippen molar-refractivity contribution in [1.82, 2.24) is 5.43 Å². The van der Waals surface area contributed by atoms with Gasteiger partial charge in [0, 0.05) is 10.6 Å². The second kappa shape index (κ2) is 9.28. The van der Waals surface area contributed by atoms with Crippen molar-refractivity contribution in [2.24, 2.45) is 5.10 Å². The number of furan rings is 1. The van der Waals surface area contributed by atoms with E-state index in [1.165, 1.54) is 18.3 Å². The maximum absolute atomic E-state index is 12.4. The molecule has 3 aromatic rings. The van der Waals surface area contributed by atoms with Gasteiger partial charge in [0.25, 0.3) is 5.91 Å². The highest BCUT2D eigenvalue weighted by molar-refractivity contribution is 6.31. The van der Waals surface area contributed by atoms with Gasteiger partial charge >= 0.3 is 5.97 Å². The second-order valence-corrected chi connectivity index (χ2v) is 7.00. The Balaban J connectivity index is 1.77. The lowest BCUT2D eigenvalue weighted by Crippen LogP contribution is -2.17. The van der Waals surface area contributed by atoms with Crippen LogP contribution in [0.15, 0.2) is 64.1 Å². The van der Waals surface area contributed by atoms with Crippen LogP contribution in [0.4, 0.5) is 0 Å². The van der Waals surface area contributed by atoms with E-state index in [4.69, 9.17) is 20.8 Å². The van der Waals surface area contributed by atoms with Crippen molar-refractivity contribution in [2.75, 3.05) is 0 Å². The zero-order chi connectivity index (χ0) is 21.7. The molecule has 0 unspecified atom stereocenters. The minimum atomic E-state index is -0.565. The predicted octanol–water partition coefficient (Wildman–Crippen LogP) is 4.63. The molecule has 2 N–H and O–H groups in total. The number of hydrogen-bond acceptors (Lipinski definition) is 6. The van der Waals surface area contributed by atoms with E-state index in [2.05, 4.69) is 10.5 Å². The Bertz CT molecular complexity index is 1100. The summed E-state index contributed by atoms with van der Waals surface area (Å²) in [5.41, 5.74) is 3.21. The molecular formula is C22H19ClN2O5. The average molecular weight is 427 g/mol. The first kappa shape index (κ1) is 21.1. The smallest absolute Gasteiger partial charge is 0.339 e. The Kier molecular flexibility index (Phi) is 6.54. The van der Waals surface area contributed by atoms with Crippen molar-refractivity contribution in [1.29, 1.82) is 0 Å². The molecule has 7 nitrogen and oxygen atoms in total. The number of ether oxygens (including phenoxy) is 1. The summed E-state index contributed by atoms with van der Waals surface area (Å²) in [6.45, 7) is 3.52. The van der Waals surface area contributed by atoms with Gasteiger partial charge in [-0.3, -0.25) is 4.79 Å². The normalized spacial score (nSPS) is 11.1. The molecule has 0 saturated heterocycles. The minimum absolute atomic E-state index is 0.0991. The lowest BCUT2D eigenvalue weighted by atomic mass is 10.1. The first-order valence-electron chi connectivity index (χ1n) is 9.07. The summed E-state index contributed by atoms with van der Waals surface area (Å²) in [5.74, 6) is -0.470. The van der Waals surface area contributed by atoms with Crippen molar-refractivity contribution in [2.45, 2.75) is 20.0 Å². The molecule has 2 aromatic carbocycles. The lowest BCUT2D eigenvalue weighted by molar-refractivity contribution is 0.0378. The summed E-state index contributed by atoms with van der Waals surface area (Å²) >= 11 is 6.09. The van der Waals surface area contributed by atoms with E-state index in [0.717, 1.165) is 0 Å². The molecule has 0 aliphatic rings. The van der Waals surface area contributed by atoms with Gasteiger partial charge in [-0.25, -0.2) is 10.2 Å². The Morgan fingerprint density at radius 2 is 1.90 bits per heavy atom. The highest BCUT2D eigenvalue weighted by Crippen LogP contribution is 2.29. The molecule has 0 bridgehead atoms. The molecule has 0 spiro atoms. The van der Waals surface area contributed by atoms with Gasteiger partial charge in [0.2, 0.25) is 0 Å². The van der Waals surface area contributed by atoms with Crippen LogP contribution in [-0.2, 0) is 4.74 Å². The monoisotopic (exact) mass is 426 g/mol. The molecule has 1 aromatic heterocycles. The third-order valence-corrected chi connectivity index (χ3v) is 4.18. The zero-order valence-electron chi connectivity index (χ0n) is 16.3. The van der Waals surface area contributed by atoms with Crippen LogP contribution in [0, 0.1) is 0 Å². The van der Waals surface area contributed by atoms with Gasteiger partial charge in [-0.1, -0.05) is 23.7 Å². The standard InChI is InChI=1S/C22H19ClN2O5/c1-13(2)29-22(28)16-9-7-14(23)11-18(16)20-10-8-15(30-20)12-24-25-21(27)17-5-3-4-6-19(17)26/h3-13,26H,1-2H3,(H,25,27). The molecule has 0 aliphatic heterocycles.